The third-order valence-electron chi connectivity index (χ3n) is 1.07. The SMILES string of the molecule is COC(=O)C(C)(C)NS(=O)(=O)Cl. The lowest BCUT2D eigenvalue weighted by Gasteiger charge is -2.20. The van der Waals surface area contributed by atoms with Crippen molar-refractivity contribution in [3.63, 3.8) is 0 Å². The molecule has 0 fully saturated rings. The lowest BCUT2D eigenvalue weighted by molar-refractivity contribution is -0.146. The van der Waals surface area contributed by atoms with E-state index in [1.807, 2.05) is 4.72 Å². The predicted octanol–water partition coefficient (Wildman–Crippen LogP) is 0.0112. The van der Waals surface area contributed by atoms with Crippen molar-refractivity contribution >= 4 is 25.9 Å². The van der Waals surface area contributed by atoms with Gasteiger partial charge in [0, 0.05) is 10.7 Å². The molecule has 0 amide bonds. The van der Waals surface area contributed by atoms with Crippen LogP contribution in [0.4, 0.5) is 0 Å². The molecule has 5 nitrogen and oxygen atoms in total. The summed E-state index contributed by atoms with van der Waals surface area (Å²) in [5, 5.41) is 0. The van der Waals surface area contributed by atoms with Gasteiger partial charge in [-0.1, -0.05) is 0 Å². The van der Waals surface area contributed by atoms with Crippen LogP contribution in [0.5, 0.6) is 0 Å². The first kappa shape index (κ1) is 11.7. The average molecular weight is 216 g/mol. The lowest BCUT2D eigenvalue weighted by atomic mass is 10.1. The van der Waals surface area contributed by atoms with Crippen molar-refractivity contribution in [2.75, 3.05) is 7.11 Å². The van der Waals surface area contributed by atoms with Gasteiger partial charge in [-0.3, -0.25) is 4.79 Å². The number of nitrogens with one attached hydrogen (secondary N) is 1. The maximum absolute atomic E-state index is 10.9. The van der Waals surface area contributed by atoms with E-state index >= 15 is 0 Å². The zero-order chi connectivity index (χ0) is 9.99. The van der Waals surface area contributed by atoms with Gasteiger partial charge < -0.3 is 4.74 Å². The van der Waals surface area contributed by atoms with E-state index in [9.17, 15) is 13.2 Å². The third kappa shape index (κ3) is 3.89. The number of carbonyl (C=O) groups is 1. The molecule has 0 unspecified atom stereocenters. The Bertz CT molecular complexity index is 271. The van der Waals surface area contributed by atoms with Gasteiger partial charge in [-0.05, 0) is 13.8 Å². The molecule has 0 heterocycles. The third-order valence-corrected chi connectivity index (χ3v) is 2.06. The van der Waals surface area contributed by atoms with E-state index < -0.39 is 20.7 Å². The van der Waals surface area contributed by atoms with Gasteiger partial charge in [0.2, 0.25) is 0 Å². The highest BCUT2D eigenvalue weighted by Gasteiger charge is 2.32. The molecule has 0 rings (SSSR count). The van der Waals surface area contributed by atoms with Crippen LogP contribution in [0.15, 0.2) is 0 Å². The number of hydrogen-bond acceptors (Lipinski definition) is 4. The Labute approximate surface area is 75.6 Å². The topological polar surface area (TPSA) is 72.5 Å². The van der Waals surface area contributed by atoms with Crippen LogP contribution in [0, 0.1) is 0 Å². The summed E-state index contributed by atoms with van der Waals surface area (Å²) in [4.78, 5) is 10.9. The van der Waals surface area contributed by atoms with E-state index in [-0.39, 0.29) is 0 Å². The van der Waals surface area contributed by atoms with Gasteiger partial charge in [-0.25, -0.2) is 0 Å². The van der Waals surface area contributed by atoms with Gasteiger partial charge in [-0.2, -0.15) is 13.1 Å². The van der Waals surface area contributed by atoms with Crippen LogP contribution in [0.3, 0.4) is 0 Å². The molecule has 0 aliphatic heterocycles. The molecule has 72 valence electrons. The molecule has 7 heteroatoms. The summed E-state index contributed by atoms with van der Waals surface area (Å²) in [7, 11) is 2.12. The normalized spacial score (nSPS) is 12.7. The minimum Gasteiger partial charge on any atom is -0.468 e. The molecule has 1 N–H and O–H groups in total. The van der Waals surface area contributed by atoms with Gasteiger partial charge in [0.25, 0.3) is 9.24 Å². The van der Waals surface area contributed by atoms with Crippen molar-refractivity contribution in [1.82, 2.24) is 4.72 Å². The first-order chi connectivity index (χ1) is 5.19. The molecule has 12 heavy (non-hydrogen) atoms. The zero-order valence-corrected chi connectivity index (χ0v) is 8.49. The number of carbonyl (C=O) groups excluding carboxylic acids is 1. The van der Waals surface area contributed by atoms with Gasteiger partial charge >= 0.3 is 5.97 Å². The van der Waals surface area contributed by atoms with Crippen LogP contribution in [0.1, 0.15) is 13.8 Å². The Morgan fingerprint density at radius 3 is 2.17 bits per heavy atom. The fourth-order valence-corrected chi connectivity index (χ4v) is 1.87. The smallest absolute Gasteiger partial charge is 0.326 e. The molecule has 0 aromatic carbocycles. The largest absolute Gasteiger partial charge is 0.468 e. The molecule has 0 bridgehead atoms. The quantitative estimate of drug-likeness (QED) is 0.532. The van der Waals surface area contributed by atoms with Crippen LogP contribution >= 0.6 is 10.7 Å². The number of methoxy groups -OCH3 is 1. The molecule has 0 saturated heterocycles. The number of halogens is 1. The Morgan fingerprint density at radius 1 is 1.50 bits per heavy atom. The summed E-state index contributed by atoms with van der Waals surface area (Å²) < 4.78 is 27.3. The molecule has 0 saturated carbocycles. The van der Waals surface area contributed by atoms with E-state index in [4.69, 9.17) is 10.7 Å². The summed E-state index contributed by atoms with van der Waals surface area (Å²) in [5.41, 5.74) is -1.34. The highest BCUT2D eigenvalue weighted by molar-refractivity contribution is 8.12. The van der Waals surface area contributed by atoms with Crippen molar-refractivity contribution in [3.05, 3.63) is 0 Å². The Hall–Kier alpha value is -0.330. The van der Waals surface area contributed by atoms with Crippen LogP contribution in [-0.2, 0) is 18.8 Å². The summed E-state index contributed by atoms with van der Waals surface area (Å²) in [6.45, 7) is 2.69. The van der Waals surface area contributed by atoms with E-state index in [1.165, 1.54) is 13.8 Å². The fourth-order valence-electron chi connectivity index (χ4n) is 0.602. The maximum atomic E-state index is 10.9. The Balaban J connectivity index is 4.54. The van der Waals surface area contributed by atoms with Crippen LogP contribution < -0.4 is 4.72 Å². The van der Waals surface area contributed by atoms with E-state index in [2.05, 4.69) is 4.74 Å². The van der Waals surface area contributed by atoms with Crippen molar-refractivity contribution < 1.29 is 17.9 Å². The second-order valence-corrected chi connectivity index (χ2v) is 4.96. The standard InChI is InChI=1S/C5H10ClNO4S/c1-5(2,4(8)11-3)7-12(6,9)10/h7H,1-3H3. The minimum absolute atomic E-state index is 0.702. The first-order valence-electron chi connectivity index (χ1n) is 3.01. The second kappa shape index (κ2) is 3.59. The number of rotatable bonds is 3. The molecule has 0 radical (unpaired) electrons. The van der Waals surface area contributed by atoms with Crippen molar-refractivity contribution in [2.45, 2.75) is 19.4 Å². The Kier molecular flexibility index (Phi) is 3.49. The summed E-state index contributed by atoms with van der Waals surface area (Å²) in [5.74, 6) is -0.702. The molecule has 0 atom stereocenters. The maximum Gasteiger partial charge on any atom is 0.326 e. The highest BCUT2D eigenvalue weighted by atomic mass is 35.7. The van der Waals surface area contributed by atoms with Gasteiger partial charge in [0.15, 0.2) is 0 Å². The molecular weight excluding hydrogens is 206 g/mol. The summed E-state index contributed by atoms with van der Waals surface area (Å²) in [6.07, 6.45) is 0. The van der Waals surface area contributed by atoms with Crippen molar-refractivity contribution in [1.29, 1.82) is 0 Å². The van der Waals surface area contributed by atoms with Crippen LogP contribution in [0.2, 0.25) is 0 Å². The van der Waals surface area contributed by atoms with Gasteiger partial charge in [0.05, 0.1) is 7.11 Å². The molecule has 0 aliphatic carbocycles. The van der Waals surface area contributed by atoms with E-state index in [1.54, 1.807) is 0 Å². The summed E-state index contributed by atoms with van der Waals surface area (Å²) >= 11 is 0. The van der Waals surface area contributed by atoms with Crippen LogP contribution in [0.25, 0.3) is 0 Å². The fraction of sp³-hybridized carbons (Fsp3) is 0.800. The highest BCUT2D eigenvalue weighted by Crippen LogP contribution is 2.08. The minimum atomic E-state index is -3.92. The Morgan fingerprint density at radius 2 is 1.92 bits per heavy atom. The molecule has 0 aromatic rings. The zero-order valence-electron chi connectivity index (χ0n) is 6.92. The molecule has 0 aliphatic rings. The number of hydrogen-bond donors (Lipinski definition) is 1. The van der Waals surface area contributed by atoms with Crippen molar-refractivity contribution in [3.8, 4) is 0 Å². The predicted molar refractivity (Wildman–Crippen MR) is 44.0 cm³/mol. The molecular formula is C5H10ClNO4S. The first-order valence-corrected chi connectivity index (χ1v) is 5.32. The number of esters is 1. The summed E-state index contributed by atoms with van der Waals surface area (Å²) in [6, 6.07) is 0. The number of ether oxygens (including phenoxy) is 1. The second-order valence-electron chi connectivity index (χ2n) is 2.66. The van der Waals surface area contributed by atoms with Crippen molar-refractivity contribution in [2.24, 2.45) is 0 Å². The van der Waals surface area contributed by atoms with Gasteiger partial charge in [0.1, 0.15) is 5.54 Å². The van der Waals surface area contributed by atoms with Gasteiger partial charge in [-0.15, -0.1) is 0 Å². The van der Waals surface area contributed by atoms with Crippen LogP contribution in [-0.4, -0.2) is 27.0 Å². The van der Waals surface area contributed by atoms with E-state index in [0.717, 1.165) is 7.11 Å². The molecule has 0 aromatic heterocycles. The van der Waals surface area contributed by atoms with E-state index in [0.29, 0.717) is 0 Å². The lowest BCUT2D eigenvalue weighted by Crippen LogP contribution is -2.48. The molecule has 0 spiro atoms. The average Bonchev–Trinajstić information content (AvgIpc) is 1.80. The monoisotopic (exact) mass is 215 g/mol.